The van der Waals surface area contributed by atoms with Crippen molar-refractivity contribution in [2.75, 3.05) is 7.05 Å². The highest BCUT2D eigenvalue weighted by molar-refractivity contribution is 5.75. The standard InChI is InChI=1S/C16H22FN3O/c1-13(21)5-3-4-6-16-12-20(19(2)18-16)11-14-7-9-15(17)10-8-14/h7-10,12,18H,3-6,11H2,1-2H3. The zero-order valence-corrected chi connectivity index (χ0v) is 12.6. The molecule has 0 aromatic heterocycles. The Kier molecular flexibility index (Phi) is 5.33. The number of Topliss-reactive ketones (excluding diaryl/α,β-unsaturated/α-hetero) is 1. The summed E-state index contributed by atoms with van der Waals surface area (Å²) in [6.45, 7) is 2.33. The van der Waals surface area contributed by atoms with Gasteiger partial charge in [-0.15, -0.1) is 5.12 Å². The molecule has 0 saturated carbocycles. The second kappa shape index (κ2) is 7.22. The van der Waals surface area contributed by atoms with Gasteiger partial charge in [0.2, 0.25) is 0 Å². The summed E-state index contributed by atoms with van der Waals surface area (Å²) in [6.07, 6.45) is 5.57. The molecule has 0 spiro atoms. The fraction of sp³-hybridized carbons (Fsp3) is 0.438. The lowest BCUT2D eigenvalue weighted by molar-refractivity contribution is -0.117. The molecule has 1 aromatic rings. The molecule has 0 bridgehead atoms. The lowest BCUT2D eigenvalue weighted by Gasteiger charge is -2.24. The van der Waals surface area contributed by atoms with Crippen molar-refractivity contribution in [2.24, 2.45) is 0 Å². The van der Waals surface area contributed by atoms with Gasteiger partial charge in [0.05, 0.1) is 6.54 Å². The molecule has 0 radical (unpaired) electrons. The Morgan fingerprint density at radius 1 is 1.24 bits per heavy atom. The number of benzene rings is 1. The van der Waals surface area contributed by atoms with E-state index in [-0.39, 0.29) is 11.6 Å². The van der Waals surface area contributed by atoms with Crippen molar-refractivity contribution in [3.8, 4) is 0 Å². The average molecular weight is 291 g/mol. The number of halogens is 1. The first kappa shape index (κ1) is 15.5. The molecule has 1 aliphatic heterocycles. The van der Waals surface area contributed by atoms with Crippen LogP contribution in [0, 0.1) is 5.82 Å². The molecule has 1 aliphatic rings. The molecule has 114 valence electrons. The van der Waals surface area contributed by atoms with Crippen LogP contribution in [0.3, 0.4) is 0 Å². The first-order valence-electron chi connectivity index (χ1n) is 7.26. The summed E-state index contributed by atoms with van der Waals surface area (Å²) in [5, 5.41) is 3.97. The third kappa shape index (κ3) is 4.86. The number of unbranched alkanes of at least 4 members (excludes halogenated alkanes) is 1. The molecule has 2 rings (SSSR count). The third-order valence-electron chi connectivity index (χ3n) is 3.48. The highest BCUT2D eigenvalue weighted by Crippen LogP contribution is 2.17. The largest absolute Gasteiger partial charge is 0.304 e. The van der Waals surface area contributed by atoms with Crippen LogP contribution in [0.25, 0.3) is 0 Å². The molecular formula is C16H22FN3O. The van der Waals surface area contributed by atoms with Crippen LogP contribution < -0.4 is 5.43 Å². The van der Waals surface area contributed by atoms with E-state index in [1.54, 1.807) is 19.1 Å². The van der Waals surface area contributed by atoms with Crippen molar-refractivity contribution in [3.63, 3.8) is 0 Å². The zero-order chi connectivity index (χ0) is 15.2. The van der Waals surface area contributed by atoms with Gasteiger partial charge in [0.1, 0.15) is 11.6 Å². The molecule has 4 nitrogen and oxygen atoms in total. The Hall–Kier alpha value is -1.88. The molecule has 0 atom stereocenters. The predicted molar refractivity (Wildman–Crippen MR) is 80.1 cm³/mol. The number of nitrogens with one attached hydrogen (secondary N) is 1. The summed E-state index contributed by atoms with van der Waals surface area (Å²) in [5.41, 5.74) is 5.48. The Morgan fingerprint density at radius 2 is 1.95 bits per heavy atom. The van der Waals surface area contributed by atoms with Crippen molar-refractivity contribution in [2.45, 2.75) is 39.2 Å². The van der Waals surface area contributed by atoms with Crippen molar-refractivity contribution in [1.82, 2.24) is 15.6 Å². The van der Waals surface area contributed by atoms with Gasteiger partial charge in [0.25, 0.3) is 0 Å². The number of hydrazine groups is 2. The molecule has 0 fully saturated rings. The molecular weight excluding hydrogens is 269 g/mol. The molecule has 0 aliphatic carbocycles. The van der Waals surface area contributed by atoms with E-state index in [4.69, 9.17) is 0 Å². The molecule has 1 N–H and O–H groups in total. The number of rotatable bonds is 7. The van der Waals surface area contributed by atoms with Gasteiger partial charge >= 0.3 is 0 Å². The average Bonchev–Trinajstić information content (AvgIpc) is 2.78. The van der Waals surface area contributed by atoms with Crippen molar-refractivity contribution in [1.29, 1.82) is 0 Å². The number of hydrogen-bond donors (Lipinski definition) is 1. The fourth-order valence-electron chi connectivity index (χ4n) is 2.31. The van der Waals surface area contributed by atoms with Crippen molar-refractivity contribution >= 4 is 5.78 Å². The predicted octanol–water partition coefficient (Wildman–Crippen LogP) is 2.98. The maximum atomic E-state index is 12.9. The topological polar surface area (TPSA) is 35.6 Å². The van der Waals surface area contributed by atoms with E-state index < -0.39 is 0 Å². The molecule has 5 heteroatoms. The number of hydrogen-bond acceptors (Lipinski definition) is 4. The molecule has 0 amide bonds. The lowest BCUT2D eigenvalue weighted by Crippen LogP contribution is -2.38. The van der Waals surface area contributed by atoms with E-state index in [2.05, 4.69) is 11.6 Å². The van der Waals surface area contributed by atoms with Gasteiger partial charge in [0, 0.05) is 25.4 Å². The Morgan fingerprint density at radius 3 is 2.62 bits per heavy atom. The highest BCUT2D eigenvalue weighted by atomic mass is 19.1. The fourth-order valence-corrected chi connectivity index (χ4v) is 2.31. The van der Waals surface area contributed by atoms with Gasteiger partial charge in [-0.3, -0.25) is 5.01 Å². The lowest BCUT2D eigenvalue weighted by atomic mass is 10.1. The van der Waals surface area contributed by atoms with Crippen molar-refractivity contribution in [3.05, 3.63) is 47.5 Å². The summed E-state index contributed by atoms with van der Waals surface area (Å²) >= 11 is 0. The number of nitrogens with zero attached hydrogens (tertiary/aromatic N) is 2. The molecule has 0 saturated heterocycles. The van der Waals surface area contributed by atoms with E-state index in [9.17, 15) is 9.18 Å². The first-order chi connectivity index (χ1) is 10.0. The summed E-state index contributed by atoms with van der Waals surface area (Å²) in [5.74, 6) is 0.0340. The van der Waals surface area contributed by atoms with E-state index in [0.717, 1.165) is 30.5 Å². The normalized spacial score (nSPS) is 15.0. The van der Waals surface area contributed by atoms with E-state index in [1.807, 2.05) is 17.2 Å². The van der Waals surface area contributed by atoms with Crippen molar-refractivity contribution < 1.29 is 9.18 Å². The Bertz CT molecular complexity index is 513. The van der Waals surface area contributed by atoms with Gasteiger partial charge in [-0.05, 0) is 43.9 Å². The van der Waals surface area contributed by atoms with Gasteiger partial charge in [-0.25, -0.2) is 4.39 Å². The van der Waals surface area contributed by atoms with Gasteiger partial charge in [-0.2, -0.15) is 0 Å². The van der Waals surface area contributed by atoms with Crippen LogP contribution in [0.4, 0.5) is 4.39 Å². The molecule has 1 aromatic carbocycles. The van der Waals surface area contributed by atoms with E-state index in [0.29, 0.717) is 13.0 Å². The zero-order valence-electron chi connectivity index (χ0n) is 12.6. The SMILES string of the molecule is CC(=O)CCCCC1=CN(Cc2ccc(F)cc2)N(C)N1. The summed E-state index contributed by atoms with van der Waals surface area (Å²) in [4.78, 5) is 10.9. The van der Waals surface area contributed by atoms with Gasteiger partial charge in [0.15, 0.2) is 0 Å². The van der Waals surface area contributed by atoms with Crippen LogP contribution in [-0.2, 0) is 11.3 Å². The highest BCUT2D eigenvalue weighted by Gasteiger charge is 2.17. The minimum atomic E-state index is -0.214. The number of ketones is 1. The summed E-state index contributed by atoms with van der Waals surface area (Å²) < 4.78 is 12.9. The summed E-state index contributed by atoms with van der Waals surface area (Å²) in [6, 6.07) is 6.54. The Labute approximate surface area is 125 Å². The van der Waals surface area contributed by atoms with Gasteiger partial charge in [-0.1, -0.05) is 12.1 Å². The second-order valence-corrected chi connectivity index (χ2v) is 5.42. The van der Waals surface area contributed by atoms with Crippen LogP contribution in [-0.4, -0.2) is 23.0 Å². The monoisotopic (exact) mass is 291 g/mol. The molecule has 0 unspecified atom stereocenters. The van der Waals surface area contributed by atoms with Crippen LogP contribution in [0.5, 0.6) is 0 Å². The van der Waals surface area contributed by atoms with E-state index in [1.165, 1.54) is 12.1 Å². The maximum absolute atomic E-state index is 12.9. The quantitative estimate of drug-likeness (QED) is 0.783. The minimum absolute atomic E-state index is 0.214. The first-order valence-corrected chi connectivity index (χ1v) is 7.26. The second-order valence-electron chi connectivity index (χ2n) is 5.42. The van der Waals surface area contributed by atoms with Gasteiger partial charge < -0.3 is 10.2 Å². The summed E-state index contributed by atoms with van der Waals surface area (Å²) in [7, 11) is 1.95. The van der Waals surface area contributed by atoms with Crippen LogP contribution in [0.15, 0.2) is 36.2 Å². The Balaban J connectivity index is 1.83. The maximum Gasteiger partial charge on any atom is 0.129 e. The minimum Gasteiger partial charge on any atom is -0.304 e. The number of allylic oxidation sites excluding steroid dienone is 1. The van der Waals surface area contributed by atoms with Crippen LogP contribution >= 0.6 is 0 Å². The molecule has 1 heterocycles. The van der Waals surface area contributed by atoms with E-state index >= 15 is 0 Å². The van der Waals surface area contributed by atoms with Crippen LogP contribution in [0.1, 0.15) is 38.2 Å². The number of carbonyl (C=O) groups is 1. The molecule has 21 heavy (non-hydrogen) atoms. The third-order valence-corrected chi connectivity index (χ3v) is 3.48. The smallest absolute Gasteiger partial charge is 0.129 e. The number of carbonyl (C=O) groups excluding carboxylic acids is 1. The van der Waals surface area contributed by atoms with Crippen LogP contribution in [0.2, 0.25) is 0 Å².